The van der Waals surface area contributed by atoms with Crippen LogP contribution in [0.2, 0.25) is 0 Å². The Morgan fingerprint density at radius 3 is 0.928 bits per heavy atom. The number of hydrogen-bond donors (Lipinski definition) is 2. The van der Waals surface area contributed by atoms with Crippen LogP contribution in [0.4, 0.5) is 0 Å². The minimum absolute atomic E-state index is 0. The van der Waals surface area contributed by atoms with Crippen LogP contribution in [0.3, 0.4) is 0 Å². The third-order valence-electron chi connectivity index (χ3n) is 12.7. The van der Waals surface area contributed by atoms with Crippen LogP contribution in [0.5, 0.6) is 0 Å². The number of nitrogens with zero attached hydrogens (tertiary/aromatic N) is 10. The molecule has 2 aliphatic heterocycles. The van der Waals surface area contributed by atoms with Crippen LogP contribution in [0.25, 0.3) is 89.7 Å². The molecule has 0 atom stereocenters. The fourth-order valence-electron chi connectivity index (χ4n) is 9.38. The summed E-state index contributed by atoms with van der Waals surface area (Å²) in [6.07, 6.45) is 16.6. The van der Waals surface area contributed by atoms with E-state index in [4.69, 9.17) is 29.9 Å². The molecule has 2 N–H and O–H groups in total. The van der Waals surface area contributed by atoms with Gasteiger partial charge in [0.1, 0.15) is 22.6 Å². The van der Waals surface area contributed by atoms with Gasteiger partial charge in [-0.1, -0.05) is 60.7 Å². The zero-order valence-electron chi connectivity index (χ0n) is 37.5. The first-order chi connectivity index (χ1) is 33.6. The fraction of sp³-hybridized carbons (Fsp3) is 0.0714. The van der Waals surface area contributed by atoms with Gasteiger partial charge in [0.05, 0.1) is 0 Å². The van der Waals surface area contributed by atoms with Gasteiger partial charge in [-0.05, 0) is 36.4 Å². The molecule has 2 aliphatic rings. The monoisotopic (exact) mass is 946 g/mol. The van der Waals surface area contributed by atoms with Crippen molar-refractivity contribution in [3.63, 3.8) is 0 Å². The molecule has 4 aromatic carbocycles. The average Bonchev–Trinajstić information content (AvgIpc) is 4.10. The Bertz CT molecular complexity index is 3660. The minimum atomic E-state index is 0. The molecule has 0 saturated heterocycles. The van der Waals surface area contributed by atoms with Gasteiger partial charge in [0.15, 0.2) is 99.1 Å². The molecular weight excluding hydrogens is 906 g/mol. The van der Waals surface area contributed by atoms with Crippen molar-refractivity contribution in [2.24, 2.45) is 0 Å². The molecular formula is C56H42N12Zn+6. The largest absolute Gasteiger partial charge is 2.00 e. The van der Waals surface area contributed by atoms with Gasteiger partial charge in [0.2, 0.25) is 0 Å². The number of fused-ring (bicyclic) bond motifs is 20. The Hall–Kier alpha value is -8.54. The number of benzene rings is 4. The van der Waals surface area contributed by atoms with Gasteiger partial charge < -0.3 is 9.97 Å². The Morgan fingerprint density at radius 2 is 0.580 bits per heavy atom. The third kappa shape index (κ3) is 8.12. The molecule has 0 saturated carbocycles. The van der Waals surface area contributed by atoms with Crippen molar-refractivity contribution in [1.82, 2.24) is 39.9 Å². The van der Waals surface area contributed by atoms with Gasteiger partial charge >= 0.3 is 19.5 Å². The number of rotatable bonds is 8. The predicted octanol–water partition coefficient (Wildman–Crippen LogP) is 8.21. The van der Waals surface area contributed by atoms with E-state index in [-0.39, 0.29) is 19.5 Å². The minimum Gasteiger partial charge on any atom is -0.324 e. The van der Waals surface area contributed by atoms with E-state index in [1.165, 1.54) is 0 Å². The van der Waals surface area contributed by atoms with Crippen LogP contribution in [0, 0.1) is 0 Å². The summed E-state index contributed by atoms with van der Waals surface area (Å²) in [4.78, 5) is 39.3. The van der Waals surface area contributed by atoms with Crippen molar-refractivity contribution in [3.8, 4) is 45.6 Å². The van der Waals surface area contributed by atoms with Crippen LogP contribution in [0.1, 0.15) is 22.3 Å². The molecule has 7 aromatic heterocycles. The zero-order chi connectivity index (χ0) is 45.0. The second-order valence-electron chi connectivity index (χ2n) is 17.3. The van der Waals surface area contributed by atoms with E-state index in [0.717, 1.165) is 66.1 Å². The topological polar surface area (TPSA) is 124 Å². The molecule has 0 fully saturated rings. The van der Waals surface area contributed by atoms with Crippen LogP contribution in [0.15, 0.2) is 195 Å². The number of aromatic nitrogens is 12. The molecule has 322 valence electrons. The van der Waals surface area contributed by atoms with Crippen LogP contribution in [-0.4, -0.2) is 39.9 Å². The van der Waals surface area contributed by atoms with Crippen molar-refractivity contribution in [3.05, 3.63) is 217 Å². The molecule has 0 unspecified atom stereocenters. The summed E-state index contributed by atoms with van der Waals surface area (Å²) in [5, 5.41) is 3.71. The number of hydrogen-bond acceptors (Lipinski definition) is 6. The molecule has 0 aliphatic carbocycles. The average molecular weight is 948 g/mol. The number of pyridine rings is 4. The molecule has 9 heterocycles. The standard InChI is InChI=1S/C56H42N12.Zn/c1-5-21-65(22-6-1)33-37-13-17-41-45(29-37)53-59-49(41)57-50-43-19-15-39(35-67-25-9-3-10-26-67)31-47(43)55(61-50)64-56-48-32-40(36-68-27-11-4-12-28-68)16-20-44(48)52(62-56)58-51-42-18-14-38(30-46(42)54(60-51)63-53)34-66-23-7-2-8-24-66;/h1-32H,33-36H2,(H2,57,58,59,60,61,62,63,64);/q+4;+2. The van der Waals surface area contributed by atoms with Crippen molar-refractivity contribution in [2.75, 3.05) is 0 Å². The molecule has 12 nitrogen and oxygen atoms in total. The summed E-state index contributed by atoms with van der Waals surface area (Å²) in [6.45, 7) is 2.76. The van der Waals surface area contributed by atoms with Crippen molar-refractivity contribution in [1.29, 1.82) is 0 Å². The maximum atomic E-state index is 5.40. The molecule has 13 heteroatoms. The first kappa shape index (κ1) is 41.9. The van der Waals surface area contributed by atoms with E-state index in [1.807, 2.05) is 72.8 Å². The van der Waals surface area contributed by atoms with Crippen LogP contribution < -0.4 is 18.3 Å². The van der Waals surface area contributed by atoms with E-state index in [9.17, 15) is 0 Å². The second-order valence-corrected chi connectivity index (χ2v) is 17.3. The quantitative estimate of drug-likeness (QED) is 0.117. The summed E-state index contributed by atoms with van der Waals surface area (Å²) < 4.78 is 8.65. The molecule has 0 radical (unpaired) electrons. The second kappa shape index (κ2) is 17.6. The Morgan fingerprint density at radius 1 is 0.290 bits per heavy atom. The summed E-state index contributed by atoms with van der Waals surface area (Å²) in [5.74, 6) is 2.25. The van der Waals surface area contributed by atoms with E-state index in [0.29, 0.717) is 72.1 Å². The van der Waals surface area contributed by atoms with E-state index >= 15 is 0 Å². The van der Waals surface area contributed by atoms with Crippen molar-refractivity contribution >= 4 is 44.1 Å². The maximum absolute atomic E-state index is 5.40. The molecule has 0 amide bonds. The van der Waals surface area contributed by atoms with Crippen molar-refractivity contribution < 1.29 is 37.7 Å². The van der Waals surface area contributed by atoms with Gasteiger partial charge in [-0.3, -0.25) is 0 Å². The van der Waals surface area contributed by atoms with Crippen LogP contribution >= 0.6 is 0 Å². The summed E-state index contributed by atoms with van der Waals surface area (Å²) in [5.41, 5.74) is 10.7. The van der Waals surface area contributed by atoms with E-state index in [2.05, 4.69) is 151 Å². The normalized spacial score (nSPS) is 11.6. The van der Waals surface area contributed by atoms with Crippen molar-refractivity contribution in [2.45, 2.75) is 26.2 Å². The van der Waals surface area contributed by atoms with Gasteiger partial charge in [-0.25, -0.2) is 48.2 Å². The smallest absolute Gasteiger partial charge is 0.324 e. The number of nitrogens with one attached hydrogen (secondary N) is 2. The van der Waals surface area contributed by atoms with E-state index < -0.39 is 0 Å². The maximum Gasteiger partial charge on any atom is 2.00 e. The van der Waals surface area contributed by atoms with E-state index in [1.54, 1.807) is 0 Å². The third-order valence-corrected chi connectivity index (χ3v) is 12.7. The SMILES string of the molecule is [Zn+2].c1cc[n+](Cc2ccc3c(c2)-c2nc-3nc3[nH]c(nc4nc(nc5[nH]c(n2)c2cc(C[n+]6ccccc6)ccc52)-c2ccc(C[n+]5ccccc5)cc2-4)c2cc(C[n+]4ccccc4)ccc32)cc1. The Kier molecular flexibility index (Phi) is 10.7. The first-order valence-corrected chi connectivity index (χ1v) is 22.7. The number of H-pyrrole nitrogens is 2. The van der Waals surface area contributed by atoms with Gasteiger partial charge in [0, 0.05) is 115 Å². The molecule has 11 aromatic rings. The summed E-state index contributed by atoms with van der Waals surface area (Å²) >= 11 is 0. The molecule has 69 heavy (non-hydrogen) atoms. The molecule has 0 spiro atoms. The number of aromatic amines is 2. The summed E-state index contributed by atoms with van der Waals surface area (Å²) in [6, 6.07) is 50.4. The molecule has 13 rings (SSSR count). The van der Waals surface area contributed by atoms with Crippen LogP contribution in [-0.2, 0) is 45.7 Å². The fourth-order valence-corrected chi connectivity index (χ4v) is 9.38. The Labute approximate surface area is 408 Å². The Balaban J connectivity index is 0.00000492. The molecule has 8 bridgehead atoms. The van der Waals surface area contributed by atoms with Gasteiger partial charge in [0.25, 0.3) is 0 Å². The zero-order valence-corrected chi connectivity index (χ0v) is 40.5. The van der Waals surface area contributed by atoms with Gasteiger partial charge in [-0.15, -0.1) is 0 Å². The summed E-state index contributed by atoms with van der Waals surface area (Å²) in [7, 11) is 0. The predicted molar refractivity (Wildman–Crippen MR) is 259 cm³/mol. The van der Waals surface area contributed by atoms with Gasteiger partial charge in [-0.2, -0.15) is 0 Å². The first-order valence-electron chi connectivity index (χ1n) is 22.7.